The maximum absolute atomic E-state index is 3.45. The van der Waals surface area contributed by atoms with E-state index >= 15 is 0 Å². The molecule has 0 spiro atoms. The summed E-state index contributed by atoms with van der Waals surface area (Å²) < 4.78 is 0. The van der Waals surface area contributed by atoms with E-state index < -0.39 is 0 Å². The smallest absolute Gasteiger partial charge is 0.00922 e. The summed E-state index contributed by atoms with van der Waals surface area (Å²) >= 11 is 0. The van der Waals surface area contributed by atoms with Crippen molar-refractivity contribution in [2.45, 2.75) is 51.5 Å². The third-order valence-corrected chi connectivity index (χ3v) is 4.78. The third-order valence-electron chi connectivity index (χ3n) is 4.78. The Morgan fingerprint density at radius 1 is 1.12 bits per heavy atom. The molecule has 0 aromatic carbocycles. The van der Waals surface area contributed by atoms with Crippen LogP contribution in [0.5, 0.6) is 0 Å². The quantitative estimate of drug-likeness (QED) is 0.789. The average molecular weight is 224 g/mol. The van der Waals surface area contributed by atoms with Gasteiger partial charge in [0.25, 0.3) is 0 Å². The van der Waals surface area contributed by atoms with Crippen molar-refractivity contribution in [2.75, 3.05) is 26.7 Å². The van der Waals surface area contributed by atoms with Crippen molar-refractivity contribution in [1.82, 2.24) is 10.2 Å². The molecule has 0 aromatic heterocycles. The summed E-state index contributed by atoms with van der Waals surface area (Å²) in [4.78, 5) is 2.63. The Morgan fingerprint density at radius 3 is 2.38 bits per heavy atom. The van der Waals surface area contributed by atoms with E-state index in [1.165, 1.54) is 58.2 Å². The van der Waals surface area contributed by atoms with Crippen LogP contribution in [0, 0.1) is 11.8 Å². The lowest BCUT2D eigenvalue weighted by Crippen LogP contribution is -2.40. The van der Waals surface area contributed by atoms with Gasteiger partial charge in [0, 0.05) is 12.6 Å². The molecule has 2 rings (SSSR count). The van der Waals surface area contributed by atoms with E-state index in [0.717, 1.165) is 17.9 Å². The van der Waals surface area contributed by atoms with Crippen molar-refractivity contribution in [3.63, 3.8) is 0 Å². The summed E-state index contributed by atoms with van der Waals surface area (Å²) in [6.45, 7) is 6.23. The molecule has 1 atom stereocenters. The van der Waals surface area contributed by atoms with Gasteiger partial charge in [0.1, 0.15) is 0 Å². The molecule has 2 fully saturated rings. The first kappa shape index (κ1) is 12.4. The second-order valence-electron chi connectivity index (χ2n) is 5.92. The zero-order valence-corrected chi connectivity index (χ0v) is 11.0. The van der Waals surface area contributed by atoms with Gasteiger partial charge in [-0.15, -0.1) is 0 Å². The van der Waals surface area contributed by atoms with Crippen LogP contribution in [-0.2, 0) is 0 Å². The molecule has 2 aliphatic rings. The molecule has 1 heterocycles. The van der Waals surface area contributed by atoms with Crippen molar-refractivity contribution >= 4 is 0 Å². The maximum atomic E-state index is 3.45. The fraction of sp³-hybridized carbons (Fsp3) is 1.00. The van der Waals surface area contributed by atoms with Crippen LogP contribution >= 0.6 is 0 Å². The number of nitrogens with one attached hydrogen (secondary N) is 1. The second kappa shape index (κ2) is 6.02. The number of nitrogens with zero attached hydrogens (tertiary/aromatic N) is 1. The van der Waals surface area contributed by atoms with Gasteiger partial charge < -0.3 is 10.2 Å². The summed E-state index contributed by atoms with van der Waals surface area (Å²) in [7, 11) is 2.34. The van der Waals surface area contributed by atoms with Crippen LogP contribution in [0.3, 0.4) is 0 Å². The van der Waals surface area contributed by atoms with Crippen molar-refractivity contribution in [2.24, 2.45) is 11.8 Å². The topological polar surface area (TPSA) is 15.3 Å². The van der Waals surface area contributed by atoms with Crippen LogP contribution in [0.2, 0.25) is 0 Å². The largest absolute Gasteiger partial charge is 0.317 e. The number of hydrogen-bond donors (Lipinski definition) is 1. The first-order valence-corrected chi connectivity index (χ1v) is 7.18. The van der Waals surface area contributed by atoms with Crippen LogP contribution < -0.4 is 5.32 Å². The summed E-state index contributed by atoms with van der Waals surface area (Å²) in [6.07, 6.45) is 8.63. The van der Waals surface area contributed by atoms with Crippen molar-refractivity contribution in [3.8, 4) is 0 Å². The van der Waals surface area contributed by atoms with Crippen molar-refractivity contribution in [3.05, 3.63) is 0 Å². The van der Waals surface area contributed by atoms with Crippen LogP contribution in [-0.4, -0.2) is 37.6 Å². The first-order chi connectivity index (χ1) is 7.77. The molecule has 94 valence electrons. The molecule has 1 saturated carbocycles. The molecular formula is C14H28N2. The monoisotopic (exact) mass is 224 g/mol. The molecule has 0 aromatic rings. The highest BCUT2D eigenvalue weighted by atomic mass is 15.1. The Hall–Kier alpha value is -0.0800. The Morgan fingerprint density at radius 2 is 1.75 bits per heavy atom. The van der Waals surface area contributed by atoms with Crippen LogP contribution in [0.4, 0.5) is 0 Å². The normalized spacial score (nSPS) is 26.4. The van der Waals surface area contributed by atoms with E-state index in [1.807, 2.05) is 0 Å². The lowest BCUT2D eigenvalue weighted by atomic mass is 9.94. The molecular weight excluding hydrogens is 196 g/mol. The lowest BCUT2D eigenvalue weighted by Gasteiger charge is -2.34. The highest BCUT2D eigenvalue weighted by Gasteiger charge is 2.26. The fourth-order valence-corrected chi connectivity index (χ4v) is 3.44. The Labute approximate surface area is 101 Å². The van der Waals surface area contributed by atoms with E-state index in [4.69, 9.17) is 0 Å². The van der Waals surface area contributed by atoms with Gasteiger partial charge in [0.2, 0.25) is 0 Å². The molecule has 2 nitrogen and oxygen atoms in total. The van der Waals surface area contributed by atoms with Crippen molar-refractivity contribution in [1.29, 1.82) is 0 Å². The summed E-state index contributed by atoms with van der Waals surface area (Å²) in [5.41, 5.74) is 0. The highest BCUT2D eigenvalue weighted by Crippen LogP contribution is 2.30. The second-order valence-corrected chi connectivity index (χ2v) is 5.92. The molecule has 1 unspecified atom stereocenters. The van der Waals surface area contributed by atoms with Gasteiger partial charge in [-0.2, -0.15) is 0 Å². The minimum Gasteiger partial charge on any atom is -0.317 e. The van der Waals surface area contributed by atoms with E-state index in [2.05, 4.69) is 24.2 Å². The minimum absolute atomic E-state index is 0.803. The zero-order valence-electron chi connectivity index (χ0n) is 11.0. The lowest BCUT2D eigenvalue weighted by molar-refractivity contribution is 0.153. The molecule has 1 saturated heterocycles. The number of rotatable bonds is 4. The summed E-state index contributed by atoms with van der Waals surface area (Å²) in [6, 6.07) is 0.803. The molecule has 16 heavy (non-hydrogen) atoms. The molecule has 1 aliphatic carbocycles. The molecule has 1 aliphatic heterocycles. The maximum Gasteiger partial charge on any atom is 0.00922 e. The average Bonchev–Trinajstić information content (AvgIpc) is 2.83. The van der Waals surface area contributed by atoms with E-state index in [0.29, 0.717) is 0 Å². The van der Waals surface area contributed by atoms with Gasteiger partial charge >= 0.3 is 0 Å². The molecule has 0 bridgehead atoms. The van der Waals surface area contributed by atoms with E-state index in [9.17, 15) is 0 Å². The Kier molecular flexibility index (Phi) is 4.66. The first-order valence-electron chi connectivity index (χ1n) is 7.18. The van der Waals surface area contributed by atoms with Crippen molar-refractivity contribution < 1.29 is 0 Å². The SMILES string of the molecule is CC(C1CCCC1)N(C)CC1CCNCC1. The molecule has 0 amide bonds. The molecule has 1 N–H and O–H groups in total. The molecule has 0 radical (unpaired) electrons. The predicted molar refractivity (Wildman–Crippen MR) is 69.6 cm³/mol. The highest BCUT2D eigenvalue weighted by molar-refractivity contribution is 4.80. The number of piperidine rings is 1. The Balaban J connectivity index is 1.74. The van der Waals surface area contributed by atoms with Crippen LogP contribution in [0.15, 0.2) is 0 Å². The van der Waals surface area contributed by atoms with Gasteiger partial charge in [-0.3, -0.25) is 0 Å². The third kappa shape index (κ3) is 3.21. The van der Waals surface area contributed by atoms with E-state index in [1.54, 1.807) is 0 Å². The van der Waals surface area contributed by atoms with Gasteiger partial charge in [0.05, 0.1) is 0 Å². The van der Waals surface area contributed by atoms with Crippen LogP contribution in [0.25, 0.3) is 0 Å². The van der Waals surface area contributed by atoms with Gasteiger partial charge in [-0.05, 0) is 64.6 Å². The van der Waals surface area contributed by atoms with Crippen LogP contribution in [0.1, 0.15) is 45.4 Å². The predicted octanol–water partition coefficient (Wildman–Crippen LogP) is 2.50. The van der Waals surface area contributed by atoms with E-state index in [-0.39, 0.29) is 0 Å². The number of hydrogen-bond acceptors (Lipinski definition) is 2. The van der Waals surface area contributed by atoms with Gasteiger partial charge in [0.15, 0.2) is 0 Å². The standard InChI is InChI=1S/C14H28N2/c1-12(14-5-3-4-6-14)16(2)11-13-7-9-15-10-8-13/h12-15H,3-11H2,1-2H3. The Bertz CT molecular complexity index is 193. The van der Waals surface area contributed by atoms with Gasteiger partial charge in [-0.1, -0.05) is 12.8 Å². The summed E-state index contributed by atoms with van der Waals surface area (Å²) in [5.74, 6) is 1.92. The zero-order chi connectivity index (χ0) is 11.4. The van der Waals surface area contributed by atoms with Gasteiger partial charge in [-0.25, -0.2) is 0 Å². The fourth-order valence-electron chi connectivity index (χ4n) is 3.44. The molecule has 2 heteroatoms. The summed E-state index contributed by atoms with van der Waals surface area (Å²) in [5, 5.41) is 3.45. The minimum atomic E-state index is 0.803.